The standard InChI is InChI=1S/C60H38N2O/c1-2-13-46(14-3-1)62-55-18-9-8-17-52(55)54-38-44(29-36-56(54)62)40-25-32-48(33-26-40)61(57-19-10-20-58-59(57)53-35-27-42-12-5-7-16-51(42)60(53)63-58)47-30-23-39(24-31-47)43-28-34-50-45(37-43)22-21-41-11-4-6-15-49(41)50/h1-38H. The summed E-state index contributed by atoms with van der Waals surface area (Å²) in [6.45, 7) is 0. The van der Waals surface area contributed by atoms with E-state index >= 15 is 0 Å². The van der Waals surface area contributed by atoms with E-state index in [0.717, 1.165) is 55.6 Å². The first-order valence-corrected chi connectivity index (χ1v) is 21.6. The molecule has 0 aliphatic carbocycles. The zero-order chi connectivity index (χ0) is 41.4. The molecule has 13 aromatic rings. The highest BCUT2D eigenvalue weighted by molar-refractivity contribution is 6.20. The maximum atomic E-state index is 6.71. The molecule has 0 aliphatic heterocycles. The average Bonchev–Trinajstić information content (AvgIpc) is 3.91. The smallest absolute Gasteiger partial charge is 0.143 e. The SMILES string of the molecule is c1ccc(-n2c3ccccc3c3cc(-c4ccc(N(c5ccc(-c6ccc7c(ccc8ccccc87)c6)cc5)c5cccc6oc7c8ccccc8ccc7c56)cc4)ccc32)cc1. The molecule has 63 heavy (non-hydrogen) atoms. The predicted molar refractivity (Wildman–Crippen MR) is 266 cm³/mol. The first kappa shape index (κ1) is 35.4. The Balaban J connectivity index is 0.940. The highest BCUT2D eigenvalue weighted by Gasteiger charge is 2.21. The van der Waals surface area contributed by atoms with E-state index in [0.29, 0.717) is 0 Å². The van der Waals surface area contributed by atoms with E-state index in [9.17, 15) is 0 Å². The maximum Gasteiger partial charge on any atom is 0.143 e. The Bertz CT molecular complexity index is 3900. The molecule has 0 bridgehead atoms. The summed E-state index contributed by atoms with van der Waals surface area (Å²) in [4.78, 5) is 2.38. The van der Waals surface area contributed by atoms with Crippen molar-refractivity contribution in [3.63, 3.8) is 0 Å². The van der Waals surface area contributed by atoms with Crippen LogP contribution in [-0.4, -0.2) is 4.57 Å². The van der Waals surface area contributed by atoms with Crippen molar-refractivity contribution in [3.05, 3.63) is 231 Å². The second-order valence-electron chi connectivity index (χ2n) is 16.5. The minimum atomic E-state index is 0.865. The molecule has 0 saturated carbocycles. The summed E-state index contributed by atoms with van der Waals surface area (Å²) in [5.41, 5.74) is 13.2. The minimum absolute atomic E-state index is 0.865. The van der Waals surface area contributed by atoms with E-state index in [4.69, 9.17) is 4.42 Å². The molecule has 294 valence electrons. The van der Waals surface area contributed by atoms with Gasteiger partial charge in [-0.05, 0) is 128 Å². The zero-order valence-electron chi connectivity index (χ0n) is 34.2. The van der Waals surface area contributed by atoms with E-state index < -0.39 is 0 Å². The van der Waals surface area contributed by atoms with Crippen LogP contribution in [-0.2, 0) is 0 Å². The third-order valence-electron chi connectivity index (χ3n) is 13.0. The number of furan rings is 1. The van der Waals surface area contributed by atoms with E-state index in [1.165, 1.54) is 65.4 Å². The van der Waals surface area contributed by atoms with Gasteiger partial charge in [0.2, 0.25) is 0 Å². The van der Waals surface area contributed by atoms with E-state index in [1.807, 2.05) is 0 Å². The summed E-state index contributed by atoms with van der Waals surface area (Å²) in [6.07, 6.45) is 0. The van der Waals surface area contributed by atoms with Crippen LogP contribution in [0.3, 0.4) is 0 Å². The number of aromatic nitrogens is 1. The Kier molecular flexibility index (Phi) is 7.91. The van der Waals surface area contributed by atoms with Crippen molar-refractivity contribution in [1.29, 1.82) is 0 Å². The molecule has 0 aliphatic rings. The van der Waals surface area contributed by atoms with Crippen molar-refractivity contribution >= 4 is 93.1 Å². The first-order chi connectivity index (χ1) is 31.2. The largest absolute Gasteiger partial charge is 0.455 e. The number of hydrogen-bond acceptors (Lipinski definition) is 2. The number of rotatable bonds is 6. The summed E-state index contributed by atoms with van der Waals surface area (Å²) >= 11 is 0. The Morgan fingerprint density at radius 3 is 1.67 bits per heavy atom. The van der Waals surface area contributed by atoms with Crippen LogP contribution in [0, 0.1) is 0 Å². The fourth-order valence-corrected chi connectivity index (χ4v) is 9.95. The Morgan fingerprint density at radius 2 is 0.889 bits per heavy atom. The molecule has 0 radical (unpaired) electrons. The molecule has 2 aromatic heterocycles. The van der Waals surface area contributed by atoms with Gasteiger partial charge < -0.3 is 13.9 Å². The van der Waals surface area contributed by atoms with Crippen molar-refractivity contribution in [2.75, 3.05) is 4.90 Å². The van der Waals surface area contributed by atoms with Crippen molar-refractivity contribution in [2.45, 2.75) is 0 Å². The van der Waals surface area contributed by atoms with Crippen molar-refractivity contribution < 1.29 is 4.42 Å². The first-order valence-electron chi connectivity index (χ1n) is 21.6. The quantitative estimate of drug-likeness (QED) is 0.156. The van der Waals surface area contributed by atoms with Gasteiger partial charge in [0.15, 0.2) is 0 Å². The van der Waals surface area contributed by atoms with Crippen LogP contribution in [0.1, 0.15) is 0 Å². The topological polar surface area (TPSA) is 21.3 Å². The lowest BCUT2D eigenvalue weighted by Crippen LogP contribution is -2.10. The van der Waals surface area contributed by atoms with Gasteiger partial charge in [0, 0.05) is 38.6 Å². The van der Waals surface area contributed by atoms with Gasteiger partial charge >= 0.3 is 0 Å². The summed E-state index contributed by atoms with van der Waals surface area (Å²) in [5, 5.41) is 12.0. The lowest BCUT2D eigenvalue weighted by Gasteiger charge is -2.26. The third-order valence-corrected chi connectivity index (χ3v) is 13.0. The van der Waals surface area contributed by atoms with Gasteiger partial charge in [-0.25, -0.2) is 0 Å². The van der Waals surface area contributed by atoms with Crippen LogP contribution in [0.25, 0.3) is 104 Å². The number of hydrogen-bond donors (Lipinski definition) is 0. The van der Waals surface area contributed by atoms with Gasteiger partial charge in [-0.15, -0.1) is 0 Å². The number of para-hydroxylation sites is 2. The monoisotopic (exact) mass is 802 g/mol. The fraction of sp³-hybridized carbons (Fsp3) is 0. The Labute approximate surface area is 363 Å². The number of benzene rings is 11. The van der Waals surface area contributed by atoms with Crippen molar-refractivity contribution in [3.8, 4) is 27.9 Å². The summed E-state index contributed by atoms with van der Waals surface area (Å²) in [5.74, 6) is 0. The van der Waals surface area contributed by atoms with Crippen LogP contribution >= 0.6 is 0 Å². The van der Waals surface area contributed by atoms with Gasteiger partial charge in [0.1, 0.15) is 11.2 Å². The van der Waals surface area contributed by atoms with Crippen LogP contribution < -0.4 is 4.90 Å². The summed E-state index contributed by atoms with van der Waals surface area (Å²) < 4.78 is 9.08. The third kappa shape index (κ3) is 5.67. The molecule has 0 atom stereocenters. The highest BCUT2D eigenvalue weighted by Crippen LogP contribution is 2.45. The fourth-order valence-electron chi connectivity index (χ4n) is 9.95. The summed E-state index contributed by atoms with van der Waals surface area (Å²) in [7, 11) is 0. The molecular weight excluding hydrogens is 765 g/mol. The minimum Gasteiger partial charge on any atom is -0.455 e. The molecule has 0 fully saturated rings. The molecule has 0 unspecified atom stereocenters. The molecule has 0 amide bonds. The second-order valence-corrected chi connectivity index (χ2v) is 16.5. The Morgan fingerprint density at radius 1 is 0.333 bits per heavy atom. The van der Waals surface area contributed by atoms with Crippen LogP contribution in [0.4, 0.5) is 17.1 Å². The highest BCUT2D eigenvalue weighted by atomic mass is 16.3. The second kappa shape index (κ2) is 14.1. The zero-order valence-corrected chi connectivity index (χ0v) is 34.2. The van der Waals surface area contributed by atoms with Gasteiger partial charge in [-0.2, -0.15) is 0 Å². The molecule has 13 rings (SSSR count). The predicted octanol–water partition coefficient (Wildman–Crippen LogP) is 16.9. The van der Waals surface area contributed by atoms with Crippen LogP contribution in [0.15, 0.2) is 235 Å². The van der Waals surface area contributed by atoms with Crippen molar-refractivity contribution in [2.24, 2.45) is 0 Å². The van der Waals surface area contributed by atoms with Gasteiger partial charge in [0.25, 0.3) is 0 Å². The van der Waals surface area contributed by atoms with E-state index in [2.05, 4.69) is 240 Å². The molecule has 0 N–H and O–H groups in total. The summed E-state index contributed by atoms with van der Waals surface area (Å²) in [6, 6.07) is 83.5. The Hall–Kier alpha value is -8.40. The van der Waals surface area contributed by atoms with Gasteiger partial charge in [-0.1, -0.05) is 152 Å². The lowest BCUT2D eigenvalue weighted by molar-refractivity contribution is 0.672. The van der Waals surface area contributed by atoms with Gasteiger partial charge in [-0.3, -0.25) is 0 Å². The van der Waals surface area contributed by atoms with Crippen LogP contribution in [0.2, 0.25) is 0 Å². The molecule has 3 heteroatoms. The molecule has 0 spiro atoms. The normalized spacial score (nSPS) is 11.8. The van der Waals surface area contributed by atoms with Crippen LogP contribution in [0.5, 0.6) is 0 Å². The molecule has 0 saturated heterocycles. The van der Waals surface area contributed by atoms with Crippen molar-refractivity contribution in [1.82, 2.24) is 4.57 Å². The average molecular weight is 803 g/mol. The number of fused-ring (bicyclic) bond motifs is 11. The molecular formula is C60H38N2O. The molecule has 2 heterocycles. The number of nitrogens with zero attached hydrogens (tertiary/aromatic N) is 2. The molecule has 11 aromatic carbocycles. The number of anilines is 3. The lowest BCUT2D eigenvalue weighted by atomic mass is 9.97. The van der Waals surface area contributed by atoms with Gasteiger partial charge in [0.05, 0.1) is 22.1 Å². The molecule has 3 nitrogen and oxygen atoms in total. The van der Waals surface area contributed by atoms with E-state index in [-0.39, 0.29) is 0 Å². The maximum absolute atomic E-state index is 6.71. The van der Waals surface area contributed by atoms with E-state index in [1.54, 1.807) is 0 Å².